The van der Waals surface area contributed by atoms with Gasteiger partial charge in [-0.3, -0.25) is 5.10 Å². The Labute approximate surface area is 210 Å². The summed E-state index contributed by atoms with van der Waals surface area (Å²) in [4.78, 5) is 0. The van der Waals surface area contributed by atoms with Gasteiger partial charge in [0.05, 0.1) is 43.6 Å². The molecule has 1 atom stereocenters. The Hall–Kier alpha value is -4.32. The maximum Gasteiger partial charge on any atom is 0.244 e. The summed E-state index contributed by atoms with van der Waals surface area (Å²) in [6.07, 6.45) is 0. The first-order valence-electron chi connectivity index (χ1n) is 12.0. The molecule has 0 bridgehead atoms. The topological polar surface area (TPSA) is 125 Å². The van der Waals surface area contributed by atoms with Crippen LogP contribution in [0.1, 0.15) is 44.7 Å². The molecule has 0 fully saturated rings. The average Bonchev–Trinajstić information content (AvgIpc) is 3.28. The van der Waals surface area contributed by atoms with Crippen molar-refractivity contribution < 1.29 is 23.7 Å². The van der Waals surface area contributed by atoms with Crippen LogP contribution in [0, 0.1) is 11.3 Å². The molecule has 3 aromatic rings. The van der Waals surface area contributed by atoms with Crippen molar-refractivity contribution in [3.8, 4) is 46.2 Å². The van der Waals surface area contributed by atoms with Crippen molar-refractivity contribution in [2.75, 3.05) is 26.4 Å². The van der Waals surface area contributed by atoms with E-state index in [0.29, 0.717) is 66.6 Å². The van der Waals surface area contributed by atoms with E-state index in [9.17, 15) is 5.26 Å². The van der Waals surface area contributed by atoms with Crippen molar-refractivity contribution in [1.82, 2.24) is 10.2 Å². The number of fused-ring (bicyclic) bond motifs is 1. The van der Waals surface area contributed by atoms with Gasteiger partial charge in [0.15, 0.2) is 11.5 Å². The van der Waals surface area contributed by atoms with E-state index in [0.717, 1.165) is 11.1 Å². The van der Waals surface area contributed by atoms with Gasteiger partial charge in [0, 0.05) is 11.6 Å². The number of aromatic nitrogens is 2. The van der Waals surface area contributed by atoms with Crippen molar-refractivity contribution in [2.24, 2.45) is 5.73 Å². The minimum absolute atomic E-state index is 0.0108. The molecule has 0 radical (unpaired) electrons. The maximum atomic E-state index is 10.1. The molecule has 188 valence electrons. The number of hydrogen-bond donors (Lipinski definition) is 2. The largest absolute Gasteiger partial charge is 0.494 e. The highest BCUT2D eigenvalue weighted by atomic mass is 16.5. The van der Waals surface area contributed by atoms with Crippen LogP contribution in [0.15, 0.2) is 47.9 Å². The van der Waals surface area contributed by atoms with E-state index in [1.807, 2.05) is 64.1 Å². The first-order chi connectivity index (χ1) is 17.6. The lowest BCUT2D eigenvalue weighted by atomic mass is 9.82. The molecule has 2 heterocycles. The zero-order chi connectivity index (χ0) is 25.7. The quantitative estimate of drug-likeness (QED) is 0.412. The van der Waals surface area contributed by atoms with E-state index < -0.39 is 5.92 Å². The summed E-state index contributed by atoms with van der Waals surface area (Å²) in [5.74, 6) is 2.29. The first kappa shape index (κ1) is 24.8. The summed E-state index contributed by atoms with van der Waals surface area (Å²) in [6.45, 7) is 9.63. The predicted octanol–water partition coefficient (Wildman–Crippen LogP) is 4.89. The molecule has 36 heavy (non-hydrogen) atoms. The van der Waals surface area contributed by atoms with Crippen LogP contribution < -0.4 is 29.4 Å². The summed E-state index contributed by atoms with van der Waals surface area (Å²) in [5.41, 5.74) is 9.34. The molecule has 1 aliphatic rings. The van der Waals surface area contributed by atoms with Gasteiger partial charge in [-0.25, -0.2) is 0 Å². The predicted molar refractivity (Wildman–Crippen MR) is 134 cm³/mol. The van der Waals surface area contributed by atoms with Crippen molar-refractivity contribution >= 4 is 0 Å². The number of aromatic amines is 1. The van der Waals surface area contributed by atoms with Crippen LogP contribution in [0.2, 0.25) is 0 Å². The Morgan fingerprint density at radius 2 is 1.61 bits per heavy atom. The molecule has 1 aromatic heterocycles. The Kier molecular flexibility index (Phi) is 7.54. The number of allylic oxidation sites excluding steroid dienone is 1. The summed E-state index contributed by atoms with van der Waals surface area (Å²) >= 11 is 0. The molecule has 0 amide bonds. The van der Waals surface area contributed by atoms with Gasteiger partial charge in [0.25, 0.3) is 0 Å². The average molecular weight is 491 g/mol. The zero-order valence-electron chi connectivity index (χ0n) is 20.9. The summed E-state index contributed by atoms with van der Waals surface area (Å²) in [7, 11) is 0. The van der Waals surface area contributed by atoms with Crippen LogP contribution in [0.4, 0.5) is 0 Å². The van der Waals surface area contributed by atoms with E-state index in [4.69, 9.17) is 29.4 Å². The number of nitrogens with one attached hydrogen (secondary N) is 1. The van der Waals surface area contributed by atoms with Crippen molar-refractivity contribution in [1.29, 1.82) is 5.26 Å². The number of nitrogens with two attached hydrogens (primary N) is 1. The normalized spacial score (nSPS) is 14.5. The van der Waals surface area contributed by atoms with Crippen LogP contribution in [0.5, 0.6) is 28.9 Å². The monoisotopic (exact) mass is 490 g/mol. The smallest absolute Gasteiger partial charge is 0.244 e. The third-order valence-electron chi connectivity index (χ3n) is 5.67. The summed E-state index contributed by atoms with van der Waals surface area (Å²) in [6, 6.07) is 13.5. The van der Waals surface area contributed by atoms with E-state index in [1.165, 1.54) is 0 Å². The minimum atomic E-state index is -0.552. The summed E-state index contributed by atoms with van der Waals surface area (Å²) < 4.78 is 28.9. The second kappa shape index (κ2) is 11.0. The van der Waals surface area contributed by atoms with Gasteiger partial charge in [-0.1, -0.05) is 6.07 Å². The molecular weight excluding hydrogens is 460 g/mol. The van der Waals surface area contributed by atoms with E-state index in [2.05, 4.69) is 16.3 Å². The number of nitrogens with zero attached hydrogens (tertiary/aromatic N) is 2. The zero-order valence-corrected chi connectivity index (χ0v) is 20.9. The molecule has 0 saturated carbocycles. The van der Waals surface area contributed by atoms with E-state index in [1.54, 1.807) is 0 Å². The molecule has 1 unspecified atom stereocenters. The number of nitriles is 1. The van der Waals surface area contributed by atoms with Gasteiger partial charge >= 0.3 is 0 Å². The number of ether oxygens (including phenoxy) is 5. The number of H-pyrrole nitrogens is 1. The van der Waals surface area contributed by atoms with Crippen molar-refractivity contribution in [3.63, 3.8) is 0 Å². The lowest BCUT2D eigenvalue weighted by Crippen LogP contribution is -2.21. The van der Waals surface area contributed by atoms with Crippen LogP contribution in [-0.2, 0) is 0 Å². The fourth-order valence-electron chi connectivity index (χ4n) is 4.27. The highest BCUT2D eigenvalue weighted by Crippen LogP contribution is 2.48. The third kappa shape index (κ3) is 4.62. The molecular formula is C27H30N4O5. The molecule has 9 heteroatoms. The van der Waals surface area contributed by atoms with E-state index >= 15 is 0 Å². The Balaban J connectivity index is 1.90. The standard InChI is InChI=1S/C27H30N4O5/c1-5-32-17-10-11-18(21(14-17)34-7-3)25-24-23(19(15-28)26(29)36-27(24)31-30-25)16-9-12-20(33-6-2)22(13-16)35-8-4/h9-14,23H,5-8,29H2,1-4H3,(H,30,31). The maximum absolute atomic E-state index is 10.1. The highest BCUT2D eigenvalue weighted by Gasteiger charge is 2.36. The molecule has 4 rings (SSSR count). The highest BCUT2D eigenvalue weighted by molar-refractivity contribution is 5.76. The number of hydrogen-bond acceptors (Lipinski definition) is 8. The van der Waals surface area contributed by atoms with Crippen molar-refractivity contribution in [2.45, 2.75) is 33.6 Å². The minimum Gasteiger partial charge on any atom is -0.494 e. The van der Waals surface area contributed by atoms with Gasteiger partial charge in [-0.15, -0.1) is 5.10 Å². The first-order valence-corrected chi connectivity index (χ1v) is 12.0. The fourth-order valence-corrected chi connectivity index (χ4v) is 4.27. The molecule has 0 saturated heterocycles. The molecule has 2 aromatic carbocycles. The number of benzene rings is 2. The molecule has 9 nitrogen and oxygen atoms in total. The number of rotatable bonds is 10. The molecule has 3 N–H and O–H groups in total. The van der Waals surface area contributed by atoms with E-state index in [-0.39, 0.29) is 11.5 Å². The Morgan fingerprint density at radius 1 is 0.917 bits per heavy atom. The van der Waals surface area contributed by atoms with Gasteiger partial charge in [-0.2, -0.15) is 5.26 Å². The van der Waals surface area contributed by atoms with Crippen LogP contribution in [0.25, 0.3) is 11.3 Å². The Morgan fingerprint density at radius 3 is 2.31 bits per heavy atom. The van der Waals surface area contributed by atoms with Crippen molar-refractivity contribution in [3.05, 3.63) is 59.0 Å². The van der Waals surface area contributed by atoms with Crippen LogP contribution in [0.3, 0.4) is 0 Å². The van der Waals surface area contributed by atoms with Gasteiger partial charge in [0.2, 0.25) is 11.8 Å². The lowest BCUT2D eigenvalue weighted by Gasteiger charge is -2.25. The van der Waals surface area contributed by atoms with Gasteiger partial charge in [-0.05, 0) is 57.5 Å². The van der Waals surface area contributed by atoms with Gasteiger partial charge in [0.1, 0.15) is 23.1 Å². The fraction of sp³-hybridized carbons (Fsp3) is 0.333. The SMILES string of the molecule is CCOc1ccc(-c2[nH]nc3c2C(c2ccc(OCC)c(OCC)c2)C(C#N)=C(N)O3)c(OCC)c1. The van der Waals surface area contributed by atoms with Gasteiger partial charge < -0.3 is 29.4 Å². The van der Waals surface area contributed by atoms with Crippen LogP contribution >= 0.6 is 0 Å². The molecule has 0 aliphatic carbocycles. The van der Waals surface area contributed by atoms with Crippen LogP contribution in [-0.4, -0.2) is 36.6 Å². The molecule has 1 aliphatic heterocycles. The third-order valence-corrected chi connectivity index (χ3v) is 5.67. The second-order valence-corrected chi connectivity index (χ2v) is 7.84. The second-order valence-electron chi connectivity index (χ2n) is 7.84. The summed E-state index contributed by atoms with van der Waals surface area (Å²) in [5, 5.41) is 17.5. The lowest BCUT2D eigenvalue weighted by molar-refractivity contribution is 0.287. The molecule has 0 spiro atoms. The Bertz CT molecular complexity index is 1310.